The van der Waals surface area contributed by atoms with Crippen LogP contribution in [0.25, 0.3) is 0 Å². The summed E-state index contributed by atoms with van der Waals surface area (Å²) in [6.45, 7) is 5.82. The standard InChI is InChI=1S/C8H16O3.H3N/c1-4-8(5-2,6-3)11-7(9)10;/h4-6H2,1-3H3,(H,9,10);1H3. The molecule has 0 amide bonds. The zero-order chi connectivity index (χ0) is 8.91. The third kappa shape index (κ3) is 3.57. The second-order valence-electron chi connectivity index (χ2n) is 2.61. The van der Waals surface area contributed by atoms with Crippen molar-refractivity contribution < 1.29 is 14.6 Å². The smallest absolute Gasteiger partial charge is 0.450 e. The van der Waals surface area contributed by atoms with Crippen molar-refractivity contribution in [2.45, 2.75) is 45.6 Å². The van der Waals surface area contributed by atoms with Crippen LogP contribution in [0, 0.1) is 0 Å². The predicted molar refractivity (Wildman–Crippen MR) is 47.7 cm³/mol. The molecule has 0 heterocycles. The number of ether oxygens (including phenoxy) is 1. The Morgan fingerprint density at radius 1 is 1.25 bits per heavy atom. The fraction of sp³-hybridized carbons (Fsp3) is 0.875. The van der Waals surface area contributed by atoms with Gasteiger partial charge < -0.3 is 16.0 Å². The third-order valence-corrected chi connectivity index (χ3v) is 2.24. The highest BCUT2D eigenvalue weighted by atomic mass is 16.7. The van der Waals surface area contributed by atoms with E-state index in [9.17, 15) is 4.79 Å². The van der Waals surface area contributed by atoms with Gasteiger partial charge in [0.15, 0.2) is 0 Å². The van der Waals surface area contributed by atoms with Crippen LogP contribution in [0.15, 0.2) is 0 Å². The van der Waals surface area contributed by atoms with Crippen LogP contribution >= 0.6 is 0 Å². The van der Waals surface area contributed by atoms with E-state index in [1.54, 1.807) is 0 Å². The number of carboxylic acid groups (broad SMARTS) is 1. The van der Waals surface area contributed by atoms with Crippen LogP contribution in [0.1, 0.15) is 40.0 Å². The predicted octanol–water partition coefficient (Wildman–Crippen LogP) is 2.81. The lowest BCUT2D eigenvalue weighted by molar-refractivity contribution is -0.0266. The topological polar surface area (TPSA) is 81.5 Å². The summed E-state index contributed by atoms with van der Waals surface area (Å²) < 4.78 is 4.80. The maximum Gasteiger partial charge on any atom is 0.506 e. The van der Waals surface area contributed by atoms with E-state index in [-0.39, 0.29) is 6.15 Å². The first-order valence-corrected chi connectivity index (χ1v) is 4.02. The lowest BCUT2D eigenvalue weighted by Crippen LogP contribution is -2.32. The largest absolute Gasteiger partial charge is 0.506 e. The molecular formula is C8H19NO3. The van der Waals surface area contributed by atoms with Crippen LogP contribution in [0.4, 0.5) is 4.79 Å². The van der Waals surface area contributed by atoms with Crippen LogP contribution in [-0.4, -0.2) is 16.9 Å². The van der Waals surface area contributed by atoms with E-state index in [0.717, 1.165) is 19.3 Å². The van der Waals surface area contributed by atoms with E-state index < -0.39 is 11.8 Å². The number of hydrogen-bond acceptors (Lipinski definition) is 3. The third-order valence-electron chi connectivity index (χ3n) is 2.24. The van der Waals surface area contributed by atoms with E-state index in [4.69, 9.17) is 9.84 Å². The molecule has 0 aliphatic rings. The van der Waals surface area contributed by atoms with Gasteiger partial charge in [-0.1, -0.05) is 20.8 Å². The molecule has 0 radical (unpaired) electrons. The van der Waals surface area contributed by atoms with E-state index in [0.29, 0.717) is 0 Å². The van der Waals surface area contributed by atoms with Crippen molar-refractivity contribution >= 4 is 6.16 Å². The Morgan fingerprint density at radius 2 is 1.58 bits per heavy atom. The second kappa shape index (κ2) is 5.83. The molecule has 74 valence electrons. The average Bonchev–Trinajstić information content (AvgIpc) is 2.00. The van der Waals surface area contributed by atoms with Crippen LogP contribution in [0.2, 0.25) is 0 Å². The van der Waals surface area contributed by atoms with Crippen molar-refractivity contribution in [1.29, 1.82) is 0 Å². The Balaban J connectivity index is 0. The Bertz CT molecular complexity index is 124. The molecule has 4 N–H and O–H groups in total. The molecule has 0 aromatic rings. The molecule has 0 spiro atoms. The molecule has 0 fully saturated rings. The van der Waals surface area contributed by atoms with Crippen molar-refractivity contribution in [2.24, 2.45) is 0 Å². The van der Waals surface area contributed by atoms with Crippen LogP contribution in [-0.2, 0) is 4.74 Å². The molecule has 0 aromatic carbocycles. The van der Waals surface area contributed by atoms with Gasteiger partial charge >= 0.3 is 6.16 Å². The summed E-state index contributed by atoms with van der Waals surface area (Å²) in [6, 6.07) is 0. The minimum atomic E-state index is -1.17. The Kier molecular flexibility index (Phi) is 6.70. The van der Waals surface area contributed by atoms with E-state index in [1.807, 2.05) is 20.8 Å². The van der Waals surface area contributed by atoms with Gasteiger partial charge in [-0.3, -0.25) is 0 Å². The zero-order valence-electron chi connectivity index (χ0n) is 8.09. The number of rotatable bonds is 4. The monoisotopic (exact) mass is 177 g/mol. The molecule has 0 atom stereocenters. The first-order chi connectivity index (χ1) is 5.10. The maximum atomic E-state index is 10.3. The van der Waals surface area contributed by atoms with Gasteiger partial charge in [-0.05, 0) is 19.3 Å². The Labute approximate surface area is 73.5 Å². The van der Waals surface area contributed by atoms with Crippen molar-refractivity contribution in [3.8, 4) is 0 Å². The Hall–Kier alpha value is -0.770. The highest BCUT2D eigenvalue weighted by Gasteiger charge is 2.27. The fourth-order valence-corrected chi connectivity index (χ4v) is 1.15. The highest BCUT2D eigenvalue weighted by molar-refractivity contribution is 5.57. The molecule has 0 saturated carbocycles. The van der Waals surface area contributed by atoms with E-state index in [2.05, 4.69) is 0 Å². The summed E-state index contributed by atoms with van der Waals surface area (Å²) in [5.41, 5.74) is -0.453. The van der Waals surface area contributed by atoms with Crippen LogP contribution < -0.4 is 6.15 Å². The minimum absolute atomic E-state index is 0. The van der Waals surface area contributed by atoms with Crippen molar-refractivity contribution in [3.05, 3.63) is 0 Å². The molecule has 0 rings (SSSR count). The van der Waals surface area contributed by atoms with Gasteiger partial charge in [0, 0.05) is 0 Å². The summed E-state index contributed by atoms with van der Waals surface area (Å²) in [5, 5.41) is 8.42. The molecule has 0 aliphatic heterocycles. The first kappa shape index (κ1) is 13.8. The molecule has 4 nitrogen and oxygen atoms in total. The Morgan fingerprint density at radius 3 is 1.67 bits per heavy atom. The highest BCUT2D eigenvalue weighted by Crippen LogP contribution is 2.24. The lowest BCUT2D eigenvalue weighted by atomic mass is 9.94. The maximum absolute atomic E-state index is 10.3. The SMILES string of the molecule is CCC(CC)(CC)OC(=O)O.N. The minimum Gasteiger partial charge on any atom is -0.450 e. The first-order valence-electron chi connectivity index (χ1n) is 4.02. The summed E-state index contributed by atoms with van der Waals surface area (Å²) >= 11 is 0. The molecular weight excluding hydrogens is 158 g/mol. The van der Waals surface area contributed by atoms with Crippen LogP contribution in [0.3, 0.4) is 0 Å². The lowest BCUT2D eigenvalue weighted by Gasteiger charge is -2.28. The van der Waals surface area contributed by atoms with Crippen molar-refractivity contribution in [3.63, 3.8) is 0 Å². The summed E-state index contributed by atoms with van der Waals surface area (Å²) in [4.78, 5) is 10.3. The number of carbonyl (C=O) groups is 1. The molecule has 4 heteroatoms. The molecule has 0 saturated heterocycles. The molecule has 0 aromatic heterocycles. The summed E-state index contributed by atoms with van der Waals surface area (Å²) in [7, 11) is 0. The van der Waals surface area contributed by atoms with Gasteiger partial charge in [-0.2, -0.15) is 0 Å². The molecule has 0 aliphatic carbocycles. The van der Waals surface area contributed by atoms with Crippen molar-refractivity contribution in [1.82, 2.24) is 6.15 Å². The number of hydrogen-bond donors (Lipinski definition) is 2. The van der Waals surface area contributed by atoms with Gasteiger partial charge in [0.25, 0.3) is 0 Å². The van der Waals surface area contributed by atoms with E-state index >= 15 is 0 Å². The van der Waals surface area contributed by atoms with E-state index in [1.165, 1.54) is 0 Å². The van der Waals surface area contributed by atoms with Gasteiger partial charge in [0.2, 0.25) is 0 Å². The van der Waals surface area contributed by atoms with Gasteiger partial charge in [-0.15, -0.1) is 0 Å². The zero-order valence-corrected chi connectivity index (χ0v) is 8.09. The normalized spacial score (nSPS) is 10.2. The summed E-state index contributed by atoms with van der Waals surface area (Å²) in [6.07, 6.45) is 1.06. The summed E-state index contributed by atoms with van der Waals surface area (Å²) in [5.74, 6) is 0. The van der Waals surface area contributed by atoms with Gasteiger partial charge in [0.05, 0.1) is 0 Å². The van der Waals surface area contributed by atoms with Gasteiger partial charge in [0.1, 0.15) is 5.60 Å². The fourth-order valence-electron chi connectivity index (χ4n) is 1.15. The second-order valence-corrected chi connectivity index (χ2v) is 2.61. The van der Waals surface area contributed by atoms with Crippen molar-refractivity contribution in [2.75, 3.05) is 0 Å². The quantitative estimate of drug-likeness (QED) is 0.647. The van der Waals surface area contributed by atoms with Crippen LogP contribution in [0.5, 0.6) is 0 Å². The molecule has 0 unspecified atom stereocenters. The van der Waals surface area contributed by atoms with Gasteiger partial charge in [-0.25, -0.2) is 4.79 Å². The average molecular weight is 177 g/mol. The molecule has 12 heavy (non-hydrogen) atoms. The molecule has 0 bridgehead atoms.